The Morgan fingerprint density at radius 1 is 1.38 bits per heavy atom. The van der Waals surface area contributed by atoms with Gasteiger partial charge in [-0.25, -0.2) is 4.39 Å². The maximum Gasteiger partial charge on any atom is 0.264 e. The third-order valence-electron chi connectivity index (χ3n) is 3.59. The Kier molecular flexibility index (Phi) is 4.00. The molecule has 1 aromatic heterocycles. The molecule has 2 nitrogen and oxygen atoms in total. The van der Waals surface area contributed by atoms with Crippen LogP contribution in [-0.4, -0.2) is 16.8 Å². The second kappa shape index (κ2) is 5.78. The molecule has 0 aliphatic heterocycles. The minimum atomic E-state index is -0.358. The Morgan fingerprint density at radius 2 is 2.14 bits per heavy atom. The first-order valence-electron chi connectivity index (χ1n) is 6.86. The number of amides is 1. The highest BCUT2D eigenvalue weighted by Gasteiger charge is 2.34. The number of hydrogen-bond acceptors (Lipinski definition) is 2. The molecule has 0 radical (unpaired) electrons. The molecular weight excluding hydrogens is 309 g/mol. The molecule has 1 fully saturated rings. The van der Waals surface area contributed by atoms with Gasteiger partial charge < -0.3 is 4.90 Å². The molecule has 1 saturated carbocycles. The van der Waals surface area contributed by atoms with Crippen molar-refractivity contribution in [1.82, 2.24) is 4.90 Å². The van der Waals surface area contributed by atoms with Crippen molar-refractivity contribution in [3.63, 3.8) is 0 Å². The molecule has 1 aliphatic carbocycles. The second-order valence-corrected chi connectivity index (χ2v) is 6.97. The number of nitrogens with zero attached hydrogens (tertiary/aromatic N) is 1. The number of halogens is 2. The lowest BCUT2D eigenvalue weighted by Crippen LogP contribution is -2.32. The van der Waals surface area contributed by atoms with Gasteiger partial charge in [0.15, 0.2) is 0 Å². The van der Waals surface area contributed by atoms with E-state index in [1.54, 1.807) is 17.0 Å². The zero-order valence-electron chi connectivity index (χ0n) is 11.6. The highest BCUT2D eigenvalue weighted by atomic mass is 35.5. The van der Waals surface area contributed by atoms with Crippen LogP contribution in [0.4, 0.5) is 4.39 Å². The number of hydrogen-bond donors (Lipinski definition) is 0. The van der Waals surface area contributed by atoms with Crippen LogP contribution in [0.15, 0.2) is 30.3 Å². The predicted octanol–water partition coefficient (Wildman–Crippen LogP) is 4.65. The predicted molar refractivity (Wildman–Crippen MR) is 83.4 cm³/mol. The number of rotatable bonds is 4. The van der Waals surface area contributed by atoms with Gasteiger partial charge in [0.25, 0.3) is 5.91 Å². The molecule has 0 spiro atoms. The van der Waals surface area contributed by atoms with E-state index < -0.39 is 0 Å². The summed E-state index contributed by atoms with van der Waals surface area (Å²) in [5, 5.41) is 0.371. The van der Waals surface area contributed by atoms with Crippen molar-refractivity contribution in [2.24, 2.45) is 0 Å². The van der Waals surface area contributed by atoms with Crippen LogP contribution in [0, 0.1) is 12.7 Å². The third kappa shape index (κ3) is 3.11. The van der Waals surface area contributed by atoms with Crippen molar-refractivity contribution in [3.8, 4) is 0 Å². The maximum atomic E-state index is 13.9. The molecule has 0 saturated heterocycles. The van der Waals surface area contributed by atoms with Gasteiger partial charge in [0, 0.05) is 21.5 Å². The van der Waals surface area contributed by atoms with E-state index in [0.29, 0.717) is 15.5 Å². The van der Waals surface area contributed by atoms with E-state index in [-0.39, 0.29) is 24.3 Å². The van der Waals surface area contributed by atoms with Crippen molar-refractivity contribution in [1.29, 1.82) is 0 Å². The zero-order chi connectivity index (χ0) is 15.0. The highest BCUT2D eigenvalue weighted by molar-refractivity contribution is 7.13. The second-order valence-electron chi connectivity index (χ2n) is 5.27. The lowest BCUT2D eigenvalue weighted by atomic mass is 10.2. The lowest BCUT2D eigenvalue weighted by molar-refractivity contribution is 0.0733. The molecule has 0 atom stereocenters. The molecule has 3 rings (SSSR count). The van der Waals surface area contributed by atoms with Crippen LogP contribution in [0.1, 0.15) is 33.0 Å². The van der Waals surface area contributed by atoms with Crippen LogP contribution >= 0.6 is 22.9 Å². The van der Waals surface area contributed by atoms with Crippen LogP contribution < -0.4 is 0 Å². The fourth-order valence-electron chi connectivity index (χ4n) is 2.30. The molecule has 0 N–H and O–H groups in total. The van der Waals surface area contributed by atoms with Gasteiger partial charge in [0.1, 0.15) is 5.82 Å². The molecule has 110 valence electrons. The number of benzene rings is 1. The number of aryl methyl sites for hydroxylation is 1. The molecule has 1 aliphatic rings. The average molecular weight is 324 g/mol. The molecule has 0 unspecified atom stereocenters. The van der Waals surface area contributed by atoms with Gasteiger partial charge in [-0.3, -0.25) is 4.79 Å². The number of carbonyl (C=O) groups excluding carboxylic acids is 1. The van der Waals surface area contributed by atoms with Gasteiger partial charge in [-0.15, -0.1) is 11.3 Å². The van der Waals surface area contributed by atoms with Gasteiger partial charge in [-0.1, -0.05) is 17.7 Å². The third-order valence-corrected chi connectivity index (χ3v) is 4.93. The standard InChI is InChI=1S/C16H15ClFNOS/c1-10-5-8-15(21-10)16(20)19(11-6-7-11)9-12-13(17)3-2-4-14(12)18/h2-5,8,11H,6-7,9H2,1H3. The molecule has 1 aromatic carbocycles. The summed E-state index contributed by atoms with van der Waals surface area (Å²) >= 11 is 7.55. The van der Waals surface area contributed by atoms with Crippen LogP contribution in [0.2, 0.25) is 5.02 Å². The molecule has 21 heavy (non-hydrogen) atoms. The molecular formula is C16H15ClFNOS. The van der Waals surface area contributed by atoms with E-state index in [2.05, 4.69) is 0 Å². The summed E-state index contributed by atoms with van der Waals surface area (Å²) < 4.78 is 13.9. The Morgan fingerprint density at radius 3 is 2.71 bits per heavy atom. The van der Waals surface area contributed by atoms with E-state index in [1.807, 2.05) is 19.1 Å². The van der Waals surface area contributed by atoms with Crippen LogP contribution in [0.5, 0.6) is 0 Å². The summed E-state index contributed by atoms with van der Waals surface area (Å²) in [6.07, 6.45) is 1.95. The first kappa shape index (κ1) is 14.5. The quantitative estimate of drug-likeness (QED) is 0.801. The molecule has 1 heterocycles. The van der Waals surface area contributed by atoms with E-state index >= 15 is 0 Å². The summed E-state index contributed by atoms with van der Waals surface area (Å²) in [6.45, 7) is 2.20. The van der Waals surface area contributed by atoms with E-state index in [9.17, 15) is 9.18 Å². The minimum absolute atomic E-state index is 0.0325. The van der Waals surface area contributed by atoms with Crippen molar-refractivity contribution in [2.75, 3.05) is 0 Å². The smallest absolute Gasteiger partial charge is 0.264 e. The van der Waals surface area contributed by atoms with E-state index in [1.165, 1.54) is 17.4 Å². The molecule has 1 amide bonds. The van der Waals surface area contributed by atoms with Crippen molar-refractivity contribution in [2.45, 2.75) is 32.4 Å². The Balaban J connectivity index is 1.87. The van der Waals surface area contributed by atoms with Crippen molar-refractivity contribution < 1.29 is 9.18 Å². The van der Waals surface area contributed by atoms with Gasteiger partial charge >= 0.3 is 0 Å². The first-order valence-corrected chi connectivity index (χ1v) is 8.06. The fraction of sp³-hybridized carbons (Fsp3) is 0.312. The topological polar surface area (TPSA) is 20.3 Å². The van der Waals surface area contributed by atoms with Gasteiger partial charge in [-0.2, -0.15) is 0 Å². The van der Waals surface area contributed by atoms with Crippen LogP contribution in [0.25, 0.3) is 0 Å². The lowest BCUT2D eigenvalue weighted by Gasteiger charge is -2.22. The zero-order valence-corrected chi connectivity index (χ0v) is 13.2. The summed E-state index contributed by atoms with van der Waals surface area (Å²) in [7, 11) is 0. The van der Waals surface area contributed by atoms with Gasteiger partial charge in [0.2, 0.25) is 0 Å². The number of carbonyl (C=O) groups is 1. The summed E-state index contributed by atoms with van der Waals surface area (Å²) in [4.78, 5) is 16.2. The summed E-state index contributed by atoms with van der Waals surface area (Å²) in [5.41, 5.74) is 0.396. The highest BCUT2D eigenvalue weighted by Crippen LogP contribution is 2.33. The summed E-state index contributed by atoms with van der Waals surface area (Å²) in [5.74, 6) is -0.391. The van der Waals surface area contributed by atoms with Crippen molar-refractivity contribution in [3.05, 3.63) is 56.5 Å². The van der Waals surface area contributed by atoms with Crippen LogP contribution in [0.3, 0.4) is 0 Å². The van der Waals surface area contributed by atoms with Gasteiger partial charge in [0.05, 0.1) is 11.4 Å². The Hall–Kier alpha value is -1.39. The van der Waals surface area contributed by atoms with Gasteiger partial charge in [-0.05, 0) is 44.0 Å². The number of thiophene rings is 1. The Labute approximate surface area is 132 Å². The molecule has 0 bridgehead atoms. The molecule has 5 heteroatoms. The Bertz CT molecular complexity index is 660. The fourth-order valence-corrected chi connectivity index (χ4v) is 3.34. The van der Waals surface area contributed by atoms with Crippen molar-refractivity contribution >= 4 is 28.8 Å². The largest absolute Gasteiger partial charge is 0.330 e. The SMILES string of the molecule is Cc1ccc(C(=O)N(Cc2c(F)cccc2Cl)C2CC2)s1. The average Bonchev–Trinajstić information content (AvgIpc) is 3.19. The molecule has 2 aromatic rings. The first-order chi connectivity index (χ1) is 10.1. The minimum Gasteiger partial charge on any atom is -0.330 e. The summed E-state index contributed by atoms with van der Waals surface area (Å²) in [6, 6.07) is 8.58. The maximum absolute atomic E-state index is 13.9. The normalized spacial score (nSPS) is 14.2. The van der Waals surface area contributed by atoms with Crippen LogP contribution in [-0.2, 0) is 6.54 Å². The monoisotopic (exact) mass is 323 g/mol. The van der Waals surface area contributed by atoms with E-state index in [0.717, 1.165) is 17.7 Å². The van der Waals surface area contributed by atoms with E-state index in [4.69, 9.17) is 11.6 Å².